The van der Waals surface area contributed by atoms with Gasteiger partial charge in [0.25, 0.3) is 0 Å². The van der Waals surface area contributed by atoms with Gasteiger partial charge < -0.3 is 15.5 Å². The van der Waals surface area contributed by atoms with E-state index in [1.165, 1.54) is 17.5 Å². The summed E-state index contributed by atoms with van der Waals surface area (Å²) in [7, 11) is 0. The van der Waals surface area contributed by atoms with E-state index in [1.807, 2.05) is 6.92 Å². The van der Waals surface area contributed by atoms with Crippen LogP contribution in [0.25, 0.3) is 11.0 Å². The van der Waals surface area contributed by atoms with Crippen LogP contribution in [0, 0.1) is 0 Å². The summed E-state index contributed by atoms with van der Waals surface area (Å²) in [6.45, 7) is 2.35. The Bertz CT molecular complexity index is 651. The molecular formula is C16H21ClN2O2. The number of fused-ring (bicyclic) bond motifs is 2. The number of hydrogen-bond donors (Lipinski definition) is 2. The smallest absolute Gasteiger partial charge is 0.224 e. The Morgan fingerprint density at radius 1 is 1.38 bits per heavy atom. The zero-order valence-corrected chi connectivity index (χ0v) is 13.0. The maximum absolute atomic E-state index is 11.9. The van der Waals surface area contributed by atoms with Gasteiger partial charge >= 0.3 is 0 Å². The van der Waals surface area contributed by atoms with Gasteiger partial charge in [-0.05, 0) is 49.4 Å². The van der Waals surface area contributed by atoms with Gasteiger partial charge in [-0.15, -0.1) is 12.4 Å². The lowest BCUT2D eigenvalue weighted by molar-refractivity contribution is -0.120. The van der Waals surface area contributed by atoms with Crippen molar-refractivity contribution >= 4 is 29.3 Å². The third-order valence-corrected chi connectivity index (χ3v) is 3.98. The molecule has 0 bridgehead atoms. The van der Waals surface area contributed by atoms with Crippen molar-refractivity contribution in [1.29, 1.82) is 0 Å². The number of furan rings is 1. The first kappa shape index (κ1) is 15.9. The van der Waals surface area contributed by atoms with Crippen molar-refractivity contribution in [1.82, 2.24) is 5.32 Å². The summed E-state index contributed by atoms with van der Waals surface area (Å²) in [6, 6.07) is 4.32. The van der Waals surface area contributed by atoms with Gasteiger partial charge in [0.05, 0.1) is 12.7 Å². The second-order valence-corrected chi connectivity index (χ2v) is 5.61. The van der Waals surface area contributed by atoms with E-state index in [0.29, 0.717) is 13.0 Å². The SMILES string of the molecule is C[C@@H](CN)NC(=O)Cc1coc2cc3c(cc12)CCC3.Cl. The van der Waals surface area contributed by atoms with E-state index in [-0.39, 0.29) is 24.4 Å². The van der Waals surface area contributed by atoms with Gasteiger partial charge in [0, 0.05) is 23.5 Å². The number of carbonyl (C=O) groups is 1. The molecule has 1 amide bonds. The molecule has 2 aromatic rings. The van der Waals surface area contributed by atoms with E-state index in [9.17, 15) is 4.79 Å². The minimum absolute atomic E-state index is 0. The van der Waals surface area contributed by atoms with Crippen LogP contribution in [0.15, 0.2) is 22.8 Å². The van der Waals surface area contributed by atoms with Crippen molar-refractivity contribution in [2.45, 2.75) is 38.6 Å². The standard InChI is InChI=1S/C16H20N2O2.ClH/c1-10(8-17)18-16(19)7-13-9-20-15-6-12-4-2-3-11(12)5-14(13)15;/h5-6,9-10H,2-4,7-8,17H2,1H3,(H,18,19);1H/t10-;/m0./s1. The number of carbonyl (C=O) groups excluding carboxylic acids is 1. The molecule has 0 aliphatic heterocycles. The molecule has 1 aliphatic rings. The third kappa shape index (κ3) is 3.22. The first-order valence-corrected chi connectivity index (χ1v) is 7.18. The van der Waals surface area contributed by atoms with Crippen LogP contribution in [0.5, 0.6) is 0 Å². The molecule has 1 atom stereocenters. The summed E-state index contributed by atoms with van der Waals surface area (Å²) in [5.41, 5.74) is 10.1. The summed E-state index contributed by atoms with van der Waals surface area (Å²) in [5, 5.41) is 3.95. The predicted molar refractivity (Wildman–Crippen MR) is 85.9 cm³/mol. The van der Waals surface area contributed by atoms with Gasteiger partial charge in [0.1, 0.15) is 5.58 Å². The molecule has 1 aliphatic carbocycles. The van der Waals surface area contributed by atoms with Gasteiger partial charge in [0.2, 0.25) is 5.91 Å². The summed E-state index contributed by atoms with van der Waals surface area (Å²) in [6.07, 6.45) is 5.52. The summed E-state index contributed by atoms with van der Waals surface area (Å²) in [5.74, 6) is -0.00820. The van der Waals surface area contributed by atoms with Crippen molar-refractivity contribution in [3.63, 3.8) is 0 Å². The topological polar surface area (TPSA) is 68.3 Å². The Morgan fingerprint density at radius 2 is 2.10 bits per heavy atom. The molecule has 1 aromatic heterocycles. The van der Waals surface area contributed by atoms with Crippen LogP contribution in [0.1, 0.15) is 30.0 Å². The van der Waals surface area contributed by atoms with Crippen LogP contribution in [-0.4, -0.2) is 18.5 Å². The second kappa shape index (κ2) is 6.50. The van der Waals surface area contributed by atoms with Crippen molar-refractivity contribution in [3.05, 3.63) is 35.1 Å². The molecule has 4 nitrogen and oxygen atoms in total. The first-order chi connectivity index (χ1) is 9.67. The second-order valence-electron chi connectivity index (χ2n) is 5.61. The number of halogens is 1. The lowest BCUT2D eigenvalue weighted by Gasteiger charge is -2.10. The first-order valence-electron chi connectivity index (χ1n) is 7.18. The van der Waals surface area contributed by atoms with Gasteiger partial charge in [-0.2, -0.15) is 0 Å². The maximum atomic E-state index is 11.9. The average molecular weight is 309 g/mol. The normalized spacial score (nSPS) is 14.6. The van der Waals surface area contributed by atoms with E-state index in [1.54, 1.807) is 6.26 Å². The van der Waals surface area contributed by atoms with Crippen LogP contribution >= 0.6 is 12.4 Å². The minimum Gasteiger partial charge on any atom is -0.464 e. The molecule has 0 saturated carbocycles. The minimum atomic E-state index is -0.00820. The third-order valence-electron chi connectivity index (χ3n) is 3.98. The van der Waals surface area contributed by atoms with Crippen molar-refractivity contribution < 1.29 is 9.21 Å². The molecule has 3 rings (SSSR count). The maximum Gasteiger partial charge on any atom is 0.224 e. The van der Waals surface area contributed by atoms with Crippen LogP contribution in [0.4, 0.5) is 0 Å². The molecule has 0 radical (unpaired) electrons. The largest absolute Gasteiger partial charge is 0.464 e. The van der Waals surface area contributed by atoms with E-state index < -0.39 is 0 Å². The Kier molecular flexibility index (Phi) is 4.91. The van der Waals surface area contributed by atoms with Gasteiger partial charge in [-0.1, -0.05) is 0 Å². The van der Waals surface area contributed by atoms with Gasteiger partial charge in [-0.25, -0.2) is 0 Å². The highest BCUT2D eigenvalue weighted by atomic mass is 35.5. The molecule has 21 heavy (non-hydrogen) atoms. The number of nitrogens with two attached hydrogens (primary N) is 1. The van der Waals surface area contributed by atoms with Crippen molar-refractivity contribution in [3.8, 4) is 0 Å². The summed E-state index contributed by atoms with van der Waals surface area (Å²) in [4.78, 5) is 11.9. The molecule has 114 valence electrons. The Hall–Kier alpha value is -1.52. The zero-order valence-electron chi connectivity index (χ0n) is 12.1. The number of amides is 1. The molecular weight excluding hydrogens is 288 g/mol. The Morgan fingerprint density at radius 3 is 2.81 bits per heavy atom. The number of benzene rings is 1. The summed E-state index contributed by atoms with van der Waals surface area (Å²) >= 11 is 0. The Balaban J connectivity index is 0.00000161. The predicted octanol–water partition coefficient (Wildman–Crippen LogP) is 2.35. The fourth-order valence-electron chi connectivity index (χ4n) is 2.84. The molecule has 3 N–H and O–H groups in total. The molecule has 0 fully saturated rings. The quantitative estimate of drug-likeness (QED) is 0.911. The Labute approximate surface area is 130 Å². The lowest BCUT2D eigenvalue weighted by atomic mass is 10.0. The van der Waals surface area contributed by atoms with E-state index in [4.69, 9.17) is 10.2 Å². The van der Waals surface area contributed by atoms with E-state index in [0.717, 1.165) is 29.4 Å². The summed E-state index contributed by atoms with van der Waals surface area (Å²) < 4.78 is 5.60. The number of rotatable bonds is 4. The molecule has 1 heterocycles. The van der Waals surface area contributed by atoms with Crippen LogP contribution < -0.4 is 11.1 Å². The van der Waals surface area contributed by atoms with Crippen LogP contribution in [0.2, 0.25) is 0 Å². The highest BCUT2D eigenvalue weighted by Crippen LogP contribution is 2.30. The number of hydrogen-bond acceptors (Lipinski definition) is 3. The molecule has 0 saturated heterocycles. The molecule has 0 unspecified atom stereocenters. The molecule has 5 heteroatoms. The highest BCUT2D eigenvalue weighted by molar-refractivity contribution is 5.88. The highest BCUT2D eigenvalue weighted by Gasteiger charge is 2.17. The zero-order chi connectivity index (χ0) is 14.1. The van der Waals surface area contributed by atoms with Crippen molar-refractivity contribution in [2.24, 2.45) is 5.73 Å². The molecule has 0 spiro atoms. The van der Waals surface area contributed by atoms with E-state index in [2.05, 4.69) is 17.4 Å². The average Bonchev–Trinajstić information content (AvgIpc) is 3.03. The number of aryl methyl sites for hydroxylation is 2. The van der Waals surface area contributed by atoms with Crippen LogP contribution in [0.3, 0.4) is 0 Å². The number of nitrogens with one attached hydrogen (secondary N) is 1. The molecule has 1 aromatic carbocycles. The van der Waals surface area contributed by atoms with Gasteiger partial charge in [0.15, 0.2) is 0 Å². The van der Waals surface area contributed by atoms with Gasteiger partial charge in [-0.3, -0.25) is 4.79 Å². The lowest BCUT2D eigenvalue weighted by Crippen LogP contribution is -2.38. The fraction of sp³-hybridized carbons (Fsp3) is 0.438. The monoisotopic (exact) mass is 308 g/mol. The van der Waals surface area contributed by atoms with Crippen LogP contribution in [-0.2, 0) is 24.1 Å². The van der Waals surface area contributed by atoms with Crippen molar-refractivity contribution in [2.75, 3.05) is 6.54 Å². The fourth-order valence-corrected chi connectivity index (χ4v) is 2.84. The van der Waals surface area contributed by atoms with E-state index >= 15 is 0 Å².